The minimum Gasteiger partial charge on any atom is -0.507 e. The molecule has 6 nitrogen and oxygen atoms in total. The summed E-state index contributed by atoms with van der Waals surface area (Å²) in [4.78, 5) is 12.5. The number of hydrogen-bond donors (Lipinski definition) is 3. The van der Waals surface area contributed by atoms with E-state index in [2.05, 4.69) is 5.32 Å². The van der Waals surface area contributed by atoms with Crippen molar-refractivity contribution >= 4 is 11.6 Å². The van der Waals surface area contributed by atoms with Gasteiger partial charge in [-0.15, -0.1) is 0 Å². The highest BCUT2D eigenvalue weighted by atomic mass is 16.5. The molecule has 2 aromatic rings. The largest absolute Gasteiger partial charge is 0.507 e. The fraction of sp³-hybridized carbons (Fsp3) is 0.350. The number of aliphatic hydroxyl groups is 1. The number of phenols is 1. The summed E-state index contributed by atoms with van der Waals surface area (Å²) in [5.41, 5.74) is -0.0552. The Morgan fingerprint density at radius 3 is 2.42 bits per heavy atom. The Kier molecular flexibility index (Phi) is 4.89. The lowest BCUT2D eigenvalue weighted by Crippen LogP contribution is -2.52. The number of methoxy groups -OCH3 is 2. The van der Waals surface area contributed by atoms with Crippen LogP contribution in [0.4, 0.5) is 5.69 Å². The van der Waals surface area contributed by atoms with Crippen molar-refractivity contribution in [3.63, 3.8) is 0 Å². The molecule has 3 rings (SSSR count). The first-order chi connectivity index (χ1) is 12.5. The van der Waals surface area contributed by atoms with Gasteiger partial charge in [0.2, 0.25) is 0 Å². The van der Waals surface area contributed by atoms with Gasteiger partial charge in [0.1, 0.15) is 11.5 Å². The summed E-state index contributed by atoms with van der Waals surface area (Å²) in [6, 6.07) is 10.2. The number of nitrogens with one attached hydrogen (secondary N) is 1. The van der Waals surface area contributed by atoms with E-state index in [4.69, 9.17) is 9.47 Å². The van der Waals surface area contributed by atoms with E-state index in [1.807, 2.05) is 6.92 Å². The summed E-state index contributed by atoms with van der Waals surface area (Å²) in [5.74, 6) is 0.126. The molecule has 2 aromatic carbocycles. The molecule has 2 unspecified atom stereocenters. The Bertz CT molecular complexity index is 818. The van der Waals surface area contributed by atoms with E-state index in [-0.39, 0.29) is 11.3 Å². The molecule has 6 heteroatoms. The van der Waals surface area contributed by atoms with Crippen LogP contribution in [0.3, 0.4) is 0 Å². The molecule has 1 heterocycles. The summed E-state index contributed by atoms with van der Waals surface area (Å²) in [7, 11) is 2.91. The Morgan fingerprint density at radius 2 is 1.85 bits per heavy atom. The Balaban J connectivity index is 2.26. The monoisotopic (exact) mass is 357 g/mol. The highest BCUT2D eigenvalue weighted by molar-refractivity contribution is 6.00. The number of carbonyl (C=O) groups excluding carboxylic acids is 1. The first-order valence-electron chi connectivity index (χ1n) is 8.53. The van der Waals surface area contributed by atoms with Gasteiger partial charge in [-0.05, 0) is 35.7 Å². The van der Waals surface area contributed by atoms with Gasteiger partial charge in [-0.1, -0.05) is 31.5 Å². The van der Waals surface area contributed by atoms with Gasteiger partial charge in [0.15, 0.2) is 11.7 Å². The lowest BCUT2D eigenvalue weighted by Gasteiger charge is -2.40. The number of hydrogen-bond acceptors (Lipinski definition) is 5. The number of anilines is 1. The molecule has 0 aromatic heterocycles. The summed E-state index contributed by atoms with van der Waals surface area (Å²) in [6.07, 6.45) is 0.294. The van der Waals surface area contributed by atoms with Crippen molar-refractivity contribution in [2.24, 2.45) is 0 Å². The lowest BCUT2D eigenvalue weighted by atomic mass is 9.76. The standard InChI is InChI=1S/C20H23NO5/c1-4-5-12-6-11-15-16(17(12)22)20(24,18(26-3)19(23)21-15)13-7-9-14(25-2)10-8-13/h6-11,18,22,24H,4-5H2,1-3H3,(H,21,23). The van der Waals surface area contributed by atoms with Gasteiger partial charge in [0.25, 0.3) is 5.91 Å². The van der Waals surface area contributed by atoms with Crippen molar-refractivity contribution in [3.8, 4) is 11.5 Å². The van der Waals surface area contributed by atoms with Gasteiger partial charge in [0, 0.05) is 7.11 Å². The Labute approximate surface area is 152 Å². The van der Waals surface area contributed by atoms with Crippen LogP contribution in [0.1, 0.15) is 30.0 Å². The zero-order valence-corrected chi connectivity index (χ0v) is 15.1. The number of aromatic hydroxyl groups is 1. The van der Waals surface area contributed by atoms with Crippen LogP contribution in [0.5, 0.6) is 11.5 Å². The molecule has 26 heavy (non-hydrogen) atoms. The van der Waals surface area contributed by atoms with Crippen molar-refractivity contribution in [1.82, 2.24) is 0 Å². The highest BCUT2D eigenvalue weighted by Crippen LogP contribution is 2.48. The fourth-order valence-corrected chi connectivity index (χ4v) is 3.53. The zero-order chi connectivity index (χ0) is 18.9. The van der Waals surface area contributed by atoms with Crippen LogP contribution in [0.2, 0.25) is 0 Å². The van der Waals surface area contributed by atoms with Crippen LogP contribution >= 0.6 is 0 Å². The maximum absolute atomic E-state index is 12.5. The predicted octanol–water partition coefficient (Wildman–Crippen LogP) is 2.56. The number of fused-ring (bicyclic) bond motifs is 1. The Hall–Kier alpha value is -2.57. The van der Waals surface area contributed by atoms with E-state index >= 15 is 0 Å². The van der Waals surface area contributed by atoms with Crippen LogP contribution in [-0.4, -0.2) is 36.4 Å². The molecule has 0 bridgehead atoms. The molecule has 0 saturated carbocycles. The molecule has 0 saturated heterocycles. The van der Waals surface area contributed by atoms with Crippen LogP contribution in [0, 0.1) is 0 Å². The first kappa shape index (κ1) is 18.2. The van der Waals surface area contributed by atoms with Gasteiger partial charge in [-0.3, -0.25) is 4.79 Å². The maximum atomic E-state index is 12.5. The second-order valence-electron chi connectivity index (χ2n) is 6.35. The highest BCUT2D eigenvalue weighted by Gasteiger charge is 2.51. The van der Waals surface area contributed by atoms with Crippen molar-refractivity contribution in [3.05, 3.63) is 53.1 Å². The average Bonchev–Trinajstić information content (AvgIpc) is 2.64. The van der Waals surface area contributed by atoms with Crippen LogP contribution in [0.25, 0.3) is 0 Å². The number of carbonyl (C=O) groups is 1. The average molecular weight is 357 g/mol. The third-order valence-corrected chi connectivity index (χ3v) is 4.80. The smallest absolute Gasteiger partial charge is 0.257 e. The summed E-state index contributed by atoms with van der Waals surface area (Å²) >= 11 is 0. The third kappa shape index (κ3) is 2.71. The van der Waals surface area contributed by atoms with Crippen molar-refractivity contribution in [2.75, 3.05) is 19.5 Å². The third-order valence-electron chi connectivity index (χ3n) is 4.80. The molecular weight excluding hydrogens is 334 g/mol. The van der Waals surface area contributed by atoms with E-state index in [9.17, 15) is 15.0 Å². The second-order valence-corrected chi connectivity index (χ2v) is 6.35. The molecule has 138 valence electrons. The van der Waals surface area contributed by atoms with E-state index < -0.39 is 17.6 Å². The summed E-state index contributed by atoms with van der Waals surface area (Å²) < 4.78 is 10.5. The van der Waals surface area contributed by atoms with E-state index in [0.717, 1.165) is 6.42 Å². The molecule has 1 aliphatic rings. The summed E-state index contributed by atoms with van der Waals surface area (Å²) in [6.45, 7) is 2.01. The number of rotatable bonds is 5. The van der Waals surface area contributed by atoms with E-state index in [1.165, 1.54) is 7.11 Å². The van der Waals surface area contributed by atoms with Crippen molar-refractivity contribution < 1.29 is 24.5 Å². The van der Waals surface area contributed by atoms with Gasteiger partial charge < -0.3 is 25.0 Å². The topological polar surface area (TPSA) is 88.0 Å². The van der Waals surface area contributed by atoms with Gasteiger partial charge in [-0.2, -0.15) is 0 Å². The van der Waals surface area contributed by atoms with E-state index in [1.54, 1.807) is 43.5 Å². The molecule has 0 fully saturated rings. The molecule has 1 amide bonds. The minimum atomic E-state index is -1.83. The van der Waals surface area contributed by atoms with Gasteiger partial charge in [-0.25, -0.2) is 0 Å². The molecule has 0 spiro atoms. The number of phenolic OH excluding ortho intramolecular Hbond substituents is 1. The number of ether oxygens (including phenoxy) is 2. The fourth-order valence-electron chi connectivity index (χ4n) is 3.53. The van der Waals surface area contributed by atoms with Gasteiger partial charge in [0.05, 0.1) is 18.4 Å². The molecule has 0 radical (unpaired) electrons. The molecule has 0 aliphatic carbocycles. The predicted molar refractivity (Wildman–Crippen MR) is 97.5 cm³/mol. The molecular formula is C20H23NO5. The zero-order valence-electron chi connectivity index (χ0n) is 15.1. The normalized spacial score (nSPS) is 21.8. The number of aryl methyl sites for hydroxylation is 1. The van der Waals surface area contributed by atoms with Gasteiger partial charge >= 0.3 is 0 Å². The maximum Gasteiger partial charge on any atom is 0.257 e. The first-order valence-corrected chi connectivity index (χ1v) is 8.53. The van der Waals surface area contributed by atoms with Crippen LogP contribution in [0.15, 0.2) is 36.4 Å². The SMILES string of the molecule is CCCc1ccc2c(c1O)C(O)(c1ccc(OC)cc1)C(OC)C(=O)N2. The number of benzene rings is 2. The van der Waals surface area contributed by atoms with E-state index in [0.29, 0.717) is 29.0 Å². The minimum absolute atomic E-state index is 0.0234. The Morgan fingerprint density at radius 1 is 1.15 bits per heavy atom. The van der Waals surface area contributed by atoms with Crippen LogP contribution in [-0.2, 0) is 21.6 Å². The van der Waals surface area contributed by atoms with Crippen molar-refractivity contribution in [2.45, 2.75) is 31.5 Å². The molecule has 1 aliphatic heterocycles. The quantitative estimate of drug-likeness (QED) is 0.765. The lowest BCUT2D eigenvalue weighted by molar-refractivity contribution is -0.142. The van der Waals surface area contributed by atoms with Crippen molar-refractivity contribution in [1.29, 1.82) is 0 Å². The molecule has 2 atom stereocenters. The molecule has 3 N–H and O–H groups in total. The second kappa shape index (κ2) is 6.97. The van der Waals surface area contributed by atoms with Crippen LogP contribution < -0.4 is 10.1 Å². The summed E-state index contributed by atoms with van der Waals surface area (Å²) in [5, 5.41) is 25.3. The number of amides is 1.